The van der Waals surface area contributed by atoms with E-state index in [0.717, 1.165) is 73.6 Å². The van der Waals surface area contributed by atoms with E-state index in [1.807, 2.05) is 43.3 Å². The van der Waals surface area contributed by atoms with Crippen LogP contribution in [-0.4, -0.2) is 36.5 Å². The summed E-state index contributed by atoms with van der Waals surface area (Å²) in [5, 5.41) is 3.01. The van der Waals surface area contributed by atoms with E-state index >= 15 is 0 Å². The van der Waals surface area contributed by atoms with Crippen LogP contribution in [0.15, 0.2) is 36.4 Å². The van der Waals surface area contributed by atoms with Gasteiger partial charge in [-0.1, -0.05) is 43.0 Å². The van der Waals surface area contributed by atoms with Crippen LogP contribution >= 0.6 is 11.6 Å². The number of aryl methyl sites for hydroxylation is 1. The average Bonchev–Trinajstić information content (AvgIpc) is 2.88. The molecule has 1 saturated carbocycles. The van der Waals surface area contributed by atoms with Gasteiger partial charge >= 0.3 is 6.18 Å². The van der Waals surface area contributed by atoms with Crippen LogP contribution in [0.3, 0.4) is 0 Å². The second-order valence-electron chi connectivity index (χ2n) is 10.1. The number of amides is 1. The number of benzene rings is 2. The zero-order valence-electron chi connectivity index (χ0n) is 21.4. The molecule has 1 N–H and O–H groups in total. The van der Waals surface area contributed by atoms with Gasteiger partial charge in [0, 0.05) is 32.4 Å². The van der Waals surface area contributed by atoms with E-state index in [1.165, 1.54) is 0 Å². The monoisotopic (exact) mass is 550 g/mol. The molecular formula is C28H31ClF4N4O. The number of nitrogens with one attached hydrogen (secondary N) is 1. The number of carbonyl (C=O) groups is 1. The number of nitrogens with zero attached hydrogens (tertiary/aromatic N) is 3. The van der Waals surface area contributed by atoms with Crippen LogP contribution in [0.5, 0.6) is 0 Å². The lowest BCUT2D eigenvalue weighted by molar-refractivity contribution is -0.138. The van der Waals surface area contributed by atoms with Gasteiger partial charge in [0.1, 0.15) is 11.6 Å². The maximum absolute atomic E-state index is 14.3. The molecule has 0 bridgehead atoms. The number of fused-ring (bicyclic) bond motifs is 1. The number of hydrogen-bond acceptors (Lipinski definition) is 4. The minimum Gasteiger partial charge on any atom is -0.362 e. The van der Waals surface area contributed by atoms with Crippen molar-refractivity contribution < 1.29 is 22.4 Å². The molecule has 0 saturated heterocycles. The molecule has 1 aliphatic rings. The fourth-order valence-corrected chi connectivity index (χ4v) is 5.32. The van der Waals surface area contributed by atoms with Gasteiger partial charge in [0.05, 0.1) is 21.7 Å². The fourth-order valence-electron chi connectivity index (χ4n) is 5.17. The van der Waals surface area contributed by atoms with Crippen LogP contribution < -0.4 is 10.2 Å². The fraction of sp³-hybridized carbons (Fsp3) is 0.464. The molecule has 5 nitrogen and oxygen atoms in total. The second kappa shape index (κ2) is 11.8. The van der Waals surface area contributed by atoms with Crippen molar-refractivity contribution in [1.82, 2.24) is 15.3 Å². The number of carbonyl (C=O) groups excluding carboxylic acids is 1. The van der Waals surface area contributed by atoms with E-state index in [9.17, 15) is 22.4 Å². The molecule has 1 aliphatic carbocycles. The molecule has 2 aromatic carbocycles. The topological polar surface area (TPSA) is 58.1 Å². The molecule has 3 aromatic rings. The van der Waals surface area contributed by atoms with E-state index < -0.39 is 34.1 Å². The molecule has 4 rings (SSSR count). The van der Waals surface area contributed by atoms with Crippen LogP contribution in [0.25, 0.3) is 10.9 Å². The summed E-state index contributed by atoms with van der Waals surface area (Å²) in [5.74, 6) is -0.0256. The van der Waals surface area contributed by atoms with Crippen molar-refractivity contribution in [2.24, 2.45) is 11.8 Å². The molecule has 1 heterocycles. The highest BCUT2D eigenvalue weighted by atomic mass is 35.5. The third-order valence-corrected chi connectivity index (χ3v) is 7.50. The van der Waals surface area contributed by atoms with E-state index in [4.69, 9.17) is 21.6 Å². The number of anilines is 1. The largest absolute Gasteiger partial charge is 0.417 e. The average molecular weight is 551 g/mol. The molecule has 10 heteroatoms. The summed E-state index contributed by atoms with van der Waals surface area (Å²) in [7, 11) is 3.94. The minimum absolute atomic E-state index is 0.137. The first-order valence-electron chi connectivity index (χ1n) is 12.8. The van der Waals surface area contributed by atoms with Crippen molar-refractivity contribution in [2.45, 2.75) is 51.1 Å². The normalized spacial score (nSPS) is 18.0. The summed E-state index contributed by atoms with van der Waals surface area (Å²) in [6.07, 6.45) is 1.58. The quantitative estimate of drug-likeness (QED) is 0.305. The molecule has 0 unspecified atom stereocenters. The molecular weight excluding hydrogens is 520 g/mol. The van der Waals surface area contributed by atoms with Crippen molar-refractivity contribution in [2.75, 3.05) is 25.5 Å². The lowest BCUT2D eigenvalue weighted by Crippen LogP contribution is -2.33. The second-order valence-corrected chi connectivity index (χ2v) is 10.6. The van der Waals surface area contributed by atoms with Gasteiger partial charge in [-0.3, -0.25) is 4.79 Å². The van der Waals surface area contributed by atoms with Gasteiger partial charge in [0.2, 0.25) is 0 Å². The maximum Gasteiger partial charge on any atom is 0.417 e. The Hall–Kier alpha value is -2.94. The highest BCUT2D eigenvalue weighted by molar-refractivity contribution is 6.31. The van der Waals surface area contributed by atoms with Gasteiger partial charge in [0.25, 0.3) is 5.91 Å². The number of hydrogen-bond donors (Lipinski definition) is 1. The van der Waals surface area contributed by atoms with E-state index in [0.29, 0.717) is 12.0 Å². The number of rotatable bonds is 8. The number of para-hydroxylation sites is 1. The van der Waals surface area contributed by atoms with Crippen molar-refractivity contribution in [3.63, 3.8) is 0 Å². The van der Waals surface area contributed by atoms with Crippen molar-refractivity contribution >= 4 is 34.2 Å². The molecule has 0 atom stereocenters. The summed E-state index contributed by atoms with van der Waals surface area (Å²) in [4.78, 5) is 24.0. The first-order valence-corrected chi connectivity index (χ1v) is 13.2. The molecule has 0 radical (unpaired) electrons. The Morgan fingerprint density at radius 1 is 1.05 bits per heavy atom. The molecule has 38 heavy (non-hydrogen) atoms. The van der Waals surface area contributed by atoms with Gasteiger partial charge in [0.15, 0.2) is 5.82 Å². The molecule has 0 spiro atoms. The van der Waals surface area contributed by atoms with Gasteiger partial charge < -0.3 is 10.2 Å². The Morgan fingerprint density at radius 2 is 1.74 bits per heavy atom. The van der Waals surface area contributed by atoms with Crippen LogP contribution in [0.4, 0.5) is 23.4 Å². The summed E-state index contributed by atoms with van der Waals surface area (Å²) in [5.41, 5.74) is -1.44. The zero-order valence-corrected chi connectivity index (χ0v) is 22.2. The van der Waals surface area contributed by atoms with E-state index in [1.54, 1.807) is 0 Å². The summed E-state index contributed by atoms with van der Waals surface area (Å²) in [6.45, 7) is 0.201. The number of halogens is 5. The van der Waals surface area contributed by atoms with Crippen LogP contribution in [-0.2, 0) is 12.6 Å². The highest BCUT2D eigenvalue weighted by Crippen LogP contribution is 2.36. The third-order valence-electron chi connectivity index (χ3n) is 7.21. The Bertz CT molecular complexity index is 1290. The van der Waals surface area contributed by atoms with Gasteiger partial charge in [-0.15, -0.1) is 0 Å². The SMILES string of the molecule is CN(C)c1nc(CCCC2CCC(CNC(=O)c3c(C(F)(F)F)ccc(Cl)c3F)CC2)nc2ccccc12. The van der Waals surface area contributed by atoms with Crippen molar-refractivity contribution in [3.8, 4) is 0 Å². The summed E-state index contributed by atoms with van der Waals surface area (Å²) < 4.78 is 54.2. The van der Waals surface area contributed by atoms with Gasteiger partial charge in [-0.25, -0.2) is 14.4 Å². The van der Waals surface area contributed by atoms with Crippen LogP contribution in [0.2, 0.25) is 5.02 Å². The minimum atomic E-state index is -4.86. The Kier molecular flexibility index (Phi) is 8.75. The number of aromatic nitrogens is 2. The van der Waals surface area contributed by atoms with E-state index in [-0.39, 0.29) is 12.5 Å². The number of alkyl halides is 3. The predicted molar refractivity (Wildman–Crippen MR) is 141 cm³/mol. The molecule has 1 aromatic heterocycles. The molecule has 0 aliphatic heterocycles. The third kappa shape index (κ3) is 6.54. The Morgan fingerprint density at radius 3 is 2.42 bits per heavy atom. The lowest BCUT2D eigenvalue weighted by Gasteiger charge is -2.28. The molecule has 204 valence electrons. The summed E-state index contributed by atoms with van der Waals surface area (Å²) >= 11 is 5.64. The lowest BCUT2D eigenvalue weighted by atomic mass is 9.79. The summed E-state index contributed by atoms with van der Waals surface area (Å²) in [6, 6.07) is 9.42. The maximum atomic E-state index is 14.3. The van der Waals surface area contributed by atoms with Crippen LogP contribution in [0.1, 0.15) is 60.3 Å². The highest BCUT2D eigenvalue weighted by Gasteiger charge is 2.37. The first kappa shape index (κ1) is 28.1. The smallest absolute Gasteiger partial charge is 0.362 e. The van der Waals surface area contributed by atoms with Crippen molar-refractivity contribution in [3.05, 3.63) is 64.2 Å². The Labute approximate surface area is 224 Å². The Balaban J connectivity index is 1.26. The van der Waals surface area contributed by atoms with Crippen LogP contribution in [0, 0.1) is 17.7 Å². The van der Waals surface area contributed by atoms with Gasteiger partial charge in [-0.05, 0) is 55.4 Å². The molecule has 1 fully saturated rings. The van der Waals surface area contributed by atoms with E-state index in [2.05, 4.69) is 5.32 Å². The standard InChI is InChI=1S/C28H31ClF4N4O/c1-37(2)26-19-7-3-4-8-22(19)35-23(36-26)9-5-6-17-10-12-18(13-11-17)16-34-27(38)24-20(28(31,32)33)14-15-21(29)25(24)30/h3-4,7-8,14-15,17-18H,5-6,9-13,16H2,1-2H3,(H,34,38). The zero-order chi connectivity index (χ0) is 27.4. The predicted octanol–water partition coefficient (Wildman–Crippen LogP) is 7.07. The molecule has 1 amide bonds. The van der Waals surface area contributed by atoms with Crippen molar-refractivity contribution in [1.29, 1.82) is 0 Å². The van der Waals surface area contributed by atoms with Gasteiger partial charge in [-0.2, -0.15) is 13.2 Å². The first-order chi connectivity index (χ1) is 18.0.